The Bertz CT molecular complexity index is 261. The van der Waals surface area contributed by atoms with Crippen molar-refractivity contribution >= 4 is 5.91 Å². The second-order valence-electron chi connectivity index (χ2n) is 5.89. The minimum Gasteiger partial charge on any atom is -0.352 e. The van der Waals surface area contributed by atoms with Crippen LogP contribution < -0.4 is 10.6 Å². The lowest BCUT2D eigenvalue weighted by Gasteiger charge is -2.31. The first kappa shape index (κ1) is 12.9. The molecule has 3 atom stereocenters. The normalized spacial score (nSPS) is 32.4. The molecule has 1 heterocycles. The Morgan fingerprint density at radius 1 is 1.24 bits per heavy atom. The average molecular weight is 238 g/mol. The highest BCUT2D eigenvalue weighted by molar-refractivity contribution is 5.82. The highest BCUT2D eigenvalue weighted by Crippen LogP contribution is 2.27. The molecular formula is C14H26N2O. The summed E-state index contributed by atoms with van der Waals surface area (Å²) < 4.78 is 0. The van der Waals surface area contributed by atoms with Crippen molar-refractivity contribution in [1.82, 2.24) is 10.6 Å². The van der Waals surface area contributed by atoms with E-state index < -0.39 is 0 Å². The first-order valence-electron chi connectivity index (χ1n) is 7.22. The van der Waals surface area contributed by atoms with Crippen LogP contribution in [0.15, 0.2) is 0 Å². The van der Waals surface area contributed by atoms with Crippen LogP contribution in [0, 0.1) is 11.8 Å². The van der Waals surface area contributed by atoms with Crippen molar-refractivity contribution in [3.63, 3.8) is 0 Å². The van der Waals surface area contributed by atoms with Crippen LogP contribution in [0.4, 0.5) is 0 Å². The van der Waals surface area contributed by atoms with E-state index >= 15 is 0 Å². The van der Waals surface area contributed by atoms with Gasteiger partial charge in [0.1, 0.15) is 0 Å². The summed E-state index contributed by atoms with van der Waals surface area (Å²) in [7, 11) is 0. The Morgan fingerprint density at radius 3 is 2.59 bits per heavy atom. The molecule has 2 fully saturated rings. The summed E-state index contributed by atoms with van der Waals surface area (Å²) in [6, 6.07) is 0.383. The van der Waals surface area contributed by atoms with Crippen LogP contribution in [0.3, 0.4) is 0 Å². The summed E-state index contributed by atoms with van der Waals surface area (Å²) in [5.41, 5.74) is 0. The van der Waals surface area contributed by atoms with E-state index in [0.29, 0.717) is 17.9 Å². The van der Waals surface area contributed by atoms with Crippen LogP contribution in [0.5, 0.6) is 0 Å². The third kappa shape index (κ3) is 3.21. The molecule has 0 spiro atoms. The van der Waals surface area contributed by atoms with E-state index in [1.54, 1.807) is 0 Å². The minimum atomic E-state index is 0.0348. The molecule has 1 aliphatic heterocycles. The van der Waals surface area contributed by atoms with Crippen molar-refractivity contribution in [3.8, 4) is 0 Å². The third-order valence-corrected chi connectivity index (χ3v) is 4.53. The largest absolute Gasteiger partial charge is 0.352 e. The number of hydrogen-bond donors (Lipinski definition) is 2. The van der Waals surface area contributed by atoms with Gasteiger partial charge in [0, 0.05) is 6.04 Å². The molecule has 17 heavy (non-hydrogen) atoms. The molecule has 0 aromatic carbocycles. The molecule has 2 unspecified atom stereocenters. The number of carbonyl (C=O) groups is 1. The minimum absolute atomic E-state index is 0.0348. The zero-order valence-corrected chi connectivity index (χ0v) is 11.2. The van der Waals surface area contributed by atoms with Gasteiger partial charge in [-0.15, -0.1) is 0 Å². The van der Waals surface area contributed by atoms with Crippen LogP contribution in [0.2, 0.25) is 0 Å². The Labute approximate surface area is 105 Å². The van der Waals surface area contributed by atoms with Gasteiger partial charge in [-0.05, 0) is 51.0 Å². The van der Waals surface area contributed by atoms with Crippen molar-refractivity contribution in [3.05, 3.63) is 0 Å². The van der Waals surface area contributed by atoms with E-state index in [9.17, 15) is 4.79 Å². The lowest BCUT2D eigenvalue weighted by molar-refractivity contribution is -0.125. The second kappa shape index (κ2) is 5.85. The van der Waals surface area contributed by atoms with Gasteiger partial charge in [0.25, 0.3) is 0 Å². The Kier molecular flexibility index (Phi) is 4.43. The lowest BCUT2D eigenvalue weighted by atomic mass is 9.91. The second-order valence-corrected chi connectivity index (χ2v) is 5.89. The van der Waals surface area contributed by atoms with Crippen molar-refractivity contribution in [1.29, 1.82) is 0 Å². The summed E-state index contributed by atoms with van der Waals surface area (Å²) in [5, 5.41) is 6.57. The molecule has 98 valence electrons. The molecule has 3 nitrogen and oxygen atoms in total. The summed E-state index contributed by atoms with van der Waals surface area (Å²) in [4.78, 5) is 12.2. The number of rotatable bonds is 3. The quantitative estimate of drug-likeness (QED) is 0.790. The Hall–Kier alpha value is -0.570. The maximum atomic E-state index is 12.2. The van der Waals surface area contributed by atoms with Crippen molar-refractivity contribution in [2.24, 2.45) is 11.8 Å². The summed E-state index contributed by atoms with van der Waals surface area (Å²) in [6.45, 7) is 5.33. The molecule has 0 bridgehead atoms. The summed E-state index contributed by atoms with van der Waals surface area (Å²) in [6.07, 6.45) is 7.61. The van der Waals surface area contributed by atoms with E-state index in [-0.39, 0.29) is 11.9 Å². The Morgan fingerprint density at radius 2 is 1.94 bits per heavy atom. The highest BCUT2D eigenvalue weighted by Gasteiger charge is 2.30. The molecule has 0 aromatic heterocycles. The fourth-order valence-electron chi connectivity index (χ4n) is 3.29. The first-order chi connectivity index (χ1) is 8.18. The topological polar surface area (TPSA) is 41.1 Å². The number of hydrogen-bond acceptors (Lipinski definition) is 2. The highest BCUT2D eigenvalue weighted by atomic mass is 16.2. The molecule has 3 heteroatoms. The zero-order chi connectivity index (χ0) is 12.3. The van der Waals surface area contributed by atoms with Crippen LogP contribution in [-0.4, -0.2) is 24.5 Å². The number of piperidine rings is 1. The maximum Gasteiger partial charge on any atom is 0.237 e. The Balaban J connectivity index is 1.82. The molecule has 0 aromatic rings. The number of amides is 1. The van der Waals surface area contributed by atoms with Crippen LogP contribution in [-0.2, 0) is 4.79 Å². The molecule has 2 rings (SSSR count). The zero-order valence-electron chi connectivity index (χ0n) is 11.2. The van der Waals surface area contributed by atoms with Gasteiger partial charge < -0.3 is 10.6 Å². The van der Waals surface area contributed by atoms with Gasteiger partial charge >= 0.3 is 0 Å². The van der Waals surface area contributed by atoms with Gasteiger partial charge in [0.05, 0.1) is 6.04 Å². The molecular weight excluding hydrogens is 212 g/mol. The van der Waals surface area contributed by atoms with Crippen molar-refractivity contribution < 1.29 is 4.79 Å². The summed E-state index contributed by atoms with van der Waals surface area (Å²) >= 11 is 0. The van der Waals surface area contributed by atoms with Crippen molar-refractivity contribution in [2.45, 2.75) is 64.5 Å². The molecule has 1 saturated carbocycles. The van der Waals surface area contributed by atoms with E-state index in [0.717, 1.165) is 6.54 Å². The molecule has 1 aliphatic carbocycles. The molecule has 1 amide bonds. The molecule has 1 saturated heterocycles. The fraction of sp³-hybridized carbons (Fsp3) is 0.929. The molecule has 0 radical (unpaired) electrons. The lowest BCUT2D eigenvalue weighted by Crippen LogP contribution is -2.53. The molecule has 2 aliphatic rings. The standard InChI is InChI=1S/C14H26N2O/c1-10-6-5-9-15-13(10)14(17)16-11(2)12-7-3-4-8-12/h10-13,15H,3-9H2,1-2H3,(H,16,17)/t10?,11-,13?/m1/s1. The van der Waals surface area contributed by atoms with Gasteiger partial charge in [0.2, 0.25) is 5.91 Å². The van der Waals surface area contributed by atoms with E-state index in [1.807, 2.05) is 0 Å². The third-order valence-electron chi connectivity index (χ3n) is 4.53. The van der Waals surface area contributed by atoms with Gasteiger partial charge in [-0.1, -0.05) is 19.8 Å². The summed E-state index contributed by atoms with van der Waals surface area (Å²) in [5.74, 6) is 1.40. The van der Waals surface area contributed by atoms with Crippen LogP contribution in [0.25, 0.3) is 0 Å². The van der Waals surface area contributed by atoms with E-state index in [1.165, 1.54) is 38.5 Å². The van der Waals surface area contributed by atoms with Gasteiger partial charge in [-0.2, -0.15) is 0 Å². The SMILES string of the molecule is CC1CCCNC1C(=O)N[C@H](C)C1CCCC1. The number of carbonyl (C=O) groups excluding carboxylic acids is 1. The monoisotopic (exact) mass is 238 g/mol. The van der Waals surface area contributed by atoms with Crippen LogP contribution >= 0.6 is 0 Å². The van der Waals surface area contributed by atoms with Crippen molar-refractivity contribution in [2.75, 3.05) is 6.54 Å². The maximum absolute atomic E-state index is 12.2. The first-order valence-corrected chi connectivity index (χ1v) is 7.22. The van der Waals surface area contributed by atoms with Gasteiger partial charge in [-0.3, -0.25) is 4.79 Å². The molecule has 2 N–H and O–H groups in total. The van der Waals surface area contributed by atoms with Crippen LogP contribution in [0.1, 0.15) is 52.4 Å². The average Bonchev–Trinajstić information content (AvgIpc) is 2.82. The van der Waals surface area contributed by atoms with E-state index in [4.69, 9.17) is 0 Å². The predicted molar refractivity (Wildman–Crippen MR) is 69.8 cm³/mol. The fourth-order valence-corrected chi connectivity index (χ4v) is 3.29. The predicted octanol–water partition coefficient (Wildman–Crippen LogP) is 2.07. The smallest absolute Gasteiger partial charge is 0.237 e. The van der Waals surface area contributed by atoms with E-state index in [2.05, 4.69) is 24.5 Å². The van der Waals surface area contributed by atoms with Gasteiger partial charge in [0.15, 0.2) is 0 Å². The number of nitrogens with one attached hydrogen (secondary N) is 2. The van der Waals surface area contributed by atoms with Gasteiger partial charge in [-0.25, -0.2) is 0 Å².